The second-order valence-corrected chi connectivity index (χ2v) is 7.25. The van der Waals surface area contributed by atoms with Crippen LogP contribution in [0.1, 0.15) is 19.8 Å². The van der Waals surface area contributed by atoms with Crippen molar-refractivity contribution in [3.63, 3.8) is 0 Å². The Labute approximate surface area is 171 Å². The van der Waals surface area contributed by atoms with Gasteiger partial charge in [-0.05, 0) is 64.7 Å². The number of benzene rings is 2. The summed E-state index contributed by atoms with van der Waals surface area (Å²) in [5.41, 5.74) is 2.92. The molecule has 0 fully saturated rings. The third-order valence-electron chi connectivity index (χ3n) is 4.01. The van der Waals surface area contributed by atoms with Gasteiger partial charge in [-0.25, -0.2) is 9.18 Å². The molecule has 2 aromatic carbocycles. The lowest BCUT2D eigenvalue weighted by atomic mass is 10.1. The molecule has 0 bridgehead atoms. The van der Waals surface area contributed by atoms with Gasteiger partial charge in [0.15, 0.2) is 0 Å². The van der Waals surface area contributed by atoms with Gasteiger partial charge in [0.1, 0.15) is 11.5 Å². The Bertz CT molecular complexity index is 975. The Balaban J connectivity index is 1.94. The van der Waals surface area contributed by atoms with Crippen molar-refractivity contribution in [3.05, 3.63) is 70.1 Å². The van der Waals surface area contributed by atoms with Gasteiger partial charge in [0.25, 0.3) is 0 Å². The van der Waals surface area contributed by atoms with Gasteiger partial charge in [-0.1, -0.05) is 37.1 Å². The van der Waals surface area contributed by atoms with Crippen molar-refractivity contribution in [1.82, 2.24) is 0 Å². The molecule has 0 aliphatic rings. The highest BCUT2D eigenvalue weighted by molar-refractivity contribution is 7.08. The van der Waals surface area contributed by atoms with E-state index in [0.717, 1.165) is 11.1 Å². The van der Waals surface area contributed by atoms with Gasteiger partial charge in [0.2, 0.25) is 0 Å². The molecule has 0 spiro atoms. The van der Waals surface area contributed by atoms with Gasteiger partial charge in [0.05, 0.1) is 16.4 Å². The molecular weight excluding hydrogens is 399 g/mol. The highest BCUT2D eigenvalue weighted by Crippen LogP contribution is 2.31. The third-order valence-corrected chi connectivity index (χ3v) is 4.99. The minimum atomic E-state index is -0.760. The van der Waals surface area contributed by atoms with Crippen LogP contribution in [0.4, 0.5) is 15.8 Å². The quantitative estimate of drug-likeness (QED) is 0.347. The largest absolute Gasteiger partial charge is 0.376 e. The van der Waals surface area contributed by atoms with E-state index in [9.17, 15) is 9.18 Å². The molecule has 0 unspecified atom stereocenters. The second kappa shape index (κ2) is 8.99. The number of hydrogen-bond acceptors (Lipinski definition) is 5. The smallest absolute Gasteiger partial charge is 0.329 e. The summed E-state index contributed by atoms with van der Waals surface area (Å²) in [4.78, 5) is 17.8. The number of nitrogens with zero attached hydrogens (tertiary/aromatic N) is 1. The topological polar surface area (TPSA) is 53.4 Å². The maximum Gasteiger partial charge on any atom is 0.376 e. The van der Waals surface area contributed by atoms with Crippen molar-refractivity contribution in [1.29, 1.82) is 5.41 Å². The van der Waals surface area contributed by atoms with Crippen molar-refractivity contribution in [2.75, 3.05) is 5.06 Å². The number of hydrogen-bond donors (Lipinski definition) is 1. The van der Waals surface area contributed by atoms with Crippen LogP contribution in [-0.4, -0.2) is 11.7 Å². The highest BCUT2D eigenvalue weighted by atomic mass is 35.5. The van der Waals surface area contributed by atoms with Crippen LogP contribution in [0.25, 0.3) is 11.1 Å². The molecule has 4 nitrogen and oxygen atoms in total. The maximum atomic E-state index is 13.6. The number of carbonyl (C=O) groups is 1. The van der Waals surface area contributed by atoms with Crippen molar-refractivity contribution in [2.24, 2.45) is 0 Å². The molecule has 144 valence electrons. The first kappa shape index (κ1) is 20.0. The molecule has 0 aliphatic heterocycles. The molecule has 0 saturated heterocycles. The third kappa shape index (κ3) is 4.58. The van der Waals surface area contributed by atoms with E-state index in [1.165, 1.54) is 23.3 Å². The van der Waals surface area contributed by atoms with E-state index in [1.54, 1.807) is 23.5 Å². The van der Waals surface area contributed by atoms with Crippen LogP contribution >= 0.6 is 22.9 Å². The Kier molecular flexibility index (Phi) is 6.44. The van der Waals surface area contributed by atoms with Crippen LogP contribution in [0.5, 0.6) is 0 Å². The first-order valence-electron chi connectivity index (χ1n) is 8.67. The number of thiophene rings is 1. The van der Waals surface area contributed by atoms with Crippen LogP contribution in [0.3, 0.4) is 0 Å². The average Bonchev–Trinajstić information content (AvgIpc) is 3.23. The predicted octanol–water partition coefficient (Wildman–Crippen LogP) is 6.62. The maximum absolute atomic E-state index is 13.6. The van der Waals surface area contributed by atoms with Crippen molar-refractivity contribution in [3.8, 4) is 11.1 Å². The molecule has 0 radical (unpaired) electrons. The summed E-state index contributed by atoms with van der Waals surface area (Å²) < 4.78 is 13.6. The average molecular weight is 417 g/mol. The van der Waals surface area contributed by atoms with Gasteiger partial charge in [-0.3, -0.25) is 5.41 Å². The summed E-state index contributed by atoms with van der Waals surface area (Å²) >= 11 is 7.51. The zero-order valence-electron chi connectivity index (χ0n) is 15.1. The molecule has 1 heterocycles. The molecule has 0 saturated carbocycles. The van der Waals surface area contributed by atoms with Gasteiger partial charge in [0, 0.05) is 0 Å². The number of rotatable bonds is 7. The lowest BCUT2D eigenvalue weighted by molar-refractivity contribution is -0.135. The normalized spacial score (nSPS) is 10.5. The minimum absolute atomic E-state index is 0.0860. The summed E-state index contributed by atoms with van der Waals surface area (Å²) in [5, 5.41) is 13.0. The summed E-state index contributed by atoms with van der Waals surface area (Å²) in [5.74, 6) is -1.33. The monoisotopic (exact) mass is 416 g/mol. The van der Waals surface area contributed by atoms with Gasteiger partial charge >= 0.3 is 5.97 Å². The van der Waals surface area contributed by atoms with Crippen LogP contribution in [0.2, 0.25) is 5.02 Å². The van der Waals surface area contributed by atoms with E-state index in [-0.39, 0.29) is 10.7 Å². The lowest BCUT2D eigenvalue weighted by Crippen LogP contribution is -2.27. The Morgan fingerprint density at radius 2 is 1.86 bits per heavy atom. The number of carbonyl (C=O) groups excluding carboxylic acids is 1. The fourth-order valence-electron chi connectivity index (χ4n) is 2.57. The van der Waals surface area contributed by atoms with Gasteiger partial charge in [-0.15, -0.1) is 0 Å². The Hall–Kier alpha value is -2.70. The summed E-state index contributed by atoms with van der Waals surface area (Å²) in [7, 11) is 0. The molecule has 28 heavy (non-hydrogen) atoms. The molecule has 0 aliphatic carbocycles. The van der Waals surface area contributed by atoms with E-state index < -0.39 is 11.8 Å². The Morgan fingerprint density at radius 3 is 2.46 bits per heavy atom. The zero-order chi connectivity index (χ0) is 20.1. The van der Waals surface area contributed by atoms with Crippen LogP contribution in [0.15, 0.2) is 59.3 Å². The van der Waals surface area contributed by atoms with E-state index in [2.05, 4.69) is 0 Å². The fraction of sp³-hybridized carbons (Fsp3) is 0.143. The van der Waals surface area contributed by atoms with Crippen molar-refractivity contribution < 1.29 is 14.0 Å². The van der Waals surface area contributed by atoms with Crippen LogP contribution in [0, 0.1) is 11.2 Å². The van der Waals surface area contributed by atoms with E-state index in [1.807, 2.05) is 35.9 Å². The summed E-state index contributed by atoms with van der Waals surface area (Å²) in [6.45, 7) is 1.88. The summed E-state index contributed by atoms with van der Waals surface area (Å²) in [6.07, 6.45) is 0.972. The predicted molar refractivity (Wildman–Crippen MR) is 112 cm³/mol. The van der Waals surface area contributed by atoms with E-state index in [4.69, 9.17) is 21.8 Å². The SMILES string of the molecule is CCCC(=N)C(=O)ON(c1ccc(-c2ccsc2)cc1)c1ccc(F)c(Cl)c1. The van der Waals surface area contributed by atoms with Gasteiger partial charge in [-0.2, -0.15) is 16.4 Å². The minimum Gasteiger partial charge on any atom is -0.329 e. The molecular formula is C21H18ClFN2O2S. The fourth-order valence-corrected chi connectivity index (χ4v) is 3.41. The number of nitrogens with one attached hydrogen (secondary N) is 1. The summed E-state index contributed by atoms with van der Waals surface area (Å²) in [6, 6.07) is 13.5. The van der Waals surface area contributed by atoms with Gasteiger partial charge < -0.3 is 4.84 Å². The molecule has 1 N–H and O–H groups in total. The molecule has 7 heteroatoms. The first-order chi connectivity index (χ1) is 13.5. The van der Waals surface area contributed by atoms with E-state index in [0.29, 0.717) is 24.2 Å². The van der Waals surface area contributed by atoms with Crippen molar-refractivity contribution >= 4 is 46.0 Å². The van der Waals surface area contributed by atoms with E-state index >= 15 is 0 Å². The molecule has 0 atom stereocenters. The molecule has 3 aromatic rings. The van der Waals surface area contributed by atoms with Crippen LogP contribution < -0.4 is 5.06 Å². The van der Waals surface area contributed by atoms with Crippen molar-refractivity contribution in [2.45, 2.75) is 19.8 Å². The second-order valence-electron chi connectivity index (χ2n) is 6.06. The number of halogens is 2. The zero-order valence-corrected chi connectivity index (χ0v) is 16.7. The number of anilines is 2. The molecule has 1 aromatic heterocycles. The molecule has 3 rings (SSSR count). The molecule has 0 amide bonds. The first-order valence-corrected chi connectivity index (χ1v) is 9.99. The lowest BCUT2D eigenvalue weighted by Gasteiger charge is -2.23. The van der Waals surface area contributed by atoms with Crippen LogP contribution in [-0.2, 0) is 9.63 Å². The highest BCUT2D eigenvalue weighted by Gasteiger charge is 2.20. The standard InChI is InChI=1S/C21H18ClFN2O2S/c1-2-3-20(24)21(26)27-25(17-8-9-19(23)18(22)12-17)16-6-4-14(5-7-16)15-10-11-28-13-15/h4-13,24H,2-3H2,1H3. The Morgan fingerprint density at radius 1 is 1.14 bits per heavy atom.